The van der Waals surface area contributed by atoms with Crippen LogP contribution in [-0.4, -0.2) is 19.1 Å². The van der Waals surface area contributed by atoms with Crippen LogP contribution in [0.3, 0.4) is 0 Å². The summed E-state index contributed by atoms with van der Waals surface area (Å²) in [5.74, 6) is -0.488. The first kappa shape index (κ1) is 19.8. The number of amides is 1. The third-order valence-corrected chi connectivity index (χ3v) is 3.66. The van der Waals surface area contributed by atoms with Crippen LogP contribution in [0.2, 0.25) is 0 Å². The molecule has 1 N–H and O–H groups in total. The van der Waals surface area contributed by atoms with Crippen molar-refractivity contribution >= 4 is 5.91 Å². The summed E-state index contributed by atoms with van der Waals surface area (Å²) in [6, 6.07) is 10.9. The van der Waals surface area contributed by atoms with Crippen molar-refractivity contribution in [3.8, 4) is 5.75 Å². The van der Waals surface area contributed by atoms with E-state index in [9.17, 15) is 22.4 Å². The van der Waals surface area contributed by atoms with Crippen LogP contribution in [0.5, 0.6) is 5.75 Å². The van der Waals surface area contributed by atoms with Crippen molar-refractivity contribution in [3.63, 3.8) is 0 Å². The molecule has 0 saturated heterocycles. The van der Waals surface area contributed by atoms with Gasteiger partial charge in [-0.15, -0.1) is 0 Å². The van der Waals surface area contributed by atoms with Crippen molar-refractivity contribution in [2.75, 3.05) is 13.2 Å². The van der Waals surface area contributed by atoms with Crippen LogP contribution >= 0.6 is 0 Å². The Bertz CT molecular complexity index is 714. The fourth-order valence-corrected chi connectivity index (χ4v) is 2.27. The van der Waals surface area contributed by atoms with Gasteiger partial charge >= 0.3 is 6.18 Å². The predicted molar refractivity (Wildman–Crippen MR) is 89.3 cm³/mol. The molecule has 26 heavy (non-hydrogen) atoms. The molecule has 0 saturated carbocycles. The number of hydrogen-bond acceptors (Lipinski definition) is 2. The molecule has 0 radical (unpaired) electrons. The first-order valence-corrected chi connectivity index (χ1v) is 8.16. The van der Waals surface area contributed by atoms with E-state index in [0.29, 0.717) is 24.9 Å². The summed E-state index contributed by atoms with van der Waals surface area (Å²) in [7, 11) is 0. The Morgan fingerprint density at radius 2 is 1.73 bits per heavy atom. The molecule has 0 aliphatic heterocycles. The lowest BCUT2D eigenvalue weighted by atomic mass is 10.1. The van der Waals surface area contributed by atoms with Crippen molar-refractivity contribution in [1.29, 1.82) is 0 Å². The summed E-state index contributed by atoms with van der Waals surface area (Å²) in [5.41, 5.74) is 0.0151. The molecule has 2 aromatic rings. The molecule has 0 bridgehead atoms. The van der Waals surface area contributed by atoms with E-state index >= 15 is 0 Å². The summed E-state index contributed by atoms with van der Waals surface area (Å²) in [6.07, 6.45) is -3.25. The molecule has 0 aliphatic rings. The number of carbonyl (C=O) groups is 1. The minimum Gasteiger partial charge on any atom is -0.491 e. The average Bonchev–Trinajstić information content (AvgIpc) is 2.60. The van der Waals surface area contributed by atoms with Crippen molar-refractivity contribution in [3.05, 3.63) is 65.5 Å². The van der Waals surface area contributed by atoms with Gasteiger partial charge in [0.2, 0.25) is 5.91 Å². The largest absolute Gasteiger partial charge is 0.491 e. The second-order valence-corrected chi connectivity index (χ2v) is 5.68. The normalized spacial score (nSPS) is 11.2. The number of hydrogen-bond donors (Lipinski definition) is 1. The number of alkyl halides is 3. The molecule has 0 spiro atoms. The van der Waals surface area contributed by atoms with Gasteiger partial charge in [-0.2, -0.15) is 13.2 Å². The summed E-state index contributed by atoms with van der Waals surface area (Å²) >= 11 is 0. The zero-order chi connectivity index (χ0) is 19.0. The van der Waals surface area contributed by atoms with E-state index in [1.807, 2.05) is 0 Å². The Hall–Kier alpha value is -2.57. The molecule has 0 unspecified atom stereocenters. The van der Waals surface area contributed by atoms with Crippen LogP contribution in [0.4, 0.5) is 17.6 Å². The molecule has 0 heterocycles. The number of ether oxygens (including phenoxy) is 1. The van der Waals surface area contributed by atoms with E-state index in [0.717, 1.165) is 12.1 Å². The highest BCUT2D eigenvalue weighted by Crippen LogP contribution is 2.29. The molecule has 0 atom stereocenters. The van der Waals surface area contributed by atoms with Gasteiger partial charge in [-0.25, -0.2) is 4.39 Å². The Balaban J connectivity index is 1.62. The van der Waals surface area contributed by atoms with Crippen molar-refractivity contribution in [2.45, 2.75) is 25.4 Å². The summed E-state index contributed by atoms with van der Waals surface area (Å²) in [4.78, 5) is 11.7. The van der Waals surface area contributed by atoms with Crippen LogP contribution in [-0.2, 0) is 17.4 Å². The highest BCUT2D eigenvalue weighted by molar-refractivity contribution is 5.75. The van der Waals surface area contributed by atoms with E-state index in [4.69, 9.17) is 4.74 Å². The lowest BCUT2D eigenvalue weighted by Crippen LogP contribution is -2.25. The Labute approximate surface area is 149 Å². The molecular weight excluding hydrogens is 350 g/mol. The van der Waals surface area contributed by atoms with Gasteiger partial charge in [0, 0.05) is 13.0 Å². The van der Waals surface area contributed by atoms with Crippen LogP contribution in [0, 0.1) is 5.82 Å². The van der Waals surface area contributed by atoms with Crippen LogP contribution < -0.4 is 10.1 Å². The third kappa shape index (κ3) is 6.38. The second kappa shape index (κ2) is 9.22. The lowest BCUT2D eigenvalue weighted by molar-refractivity contribution is -0.137. The maximum atomic E-state index is 13.3. The highest BCUT2D eigenvalue weighted by Gasteiger charge is 2.29. The molecule has 0 fully saturated rings. The first-order chi connectivity index (χ1) is 12.4. The minimum absolute atomic E-state index is 0.148. The summed E-state index contributed by atoms with van der Waals surface area (Å²) < 4.78 is 56.0. The molecular formula is C19H19F4NO2. The van der Waals surface area contributed by atoms with Crippen molar-refractivity contribution in [1.82, 2.24) is 5.32 Å². The fraction of sp³-hybridized carbons (Fsp3) is 0.316. The van der Waals surface area contributed by atoms with E-state index < -0.39 is 17.6 Å². The minimum atomic E-state index is -4.35. The van der Waals surface area contributed by atoms with Gasteiger partial charge < -0.3 is 10.1 Å². The van der Waals surface area contributed by atoms with Crippen molar-refractivity contribution in [2.24, 2.45) is 0 Å². The number of halogens is 4. The first-order valence-electron chi connectivity index (χ1n) is 8.16. The van der Waals surface area contributed by atoms with Crippen LogP contribution in [0.15, 0.2) is 48.5 Å². The molecule has 2 rings (SSSR count). The van der Waals surface area contributed by atoms with Gasteiger partial charge in [0.05, 0.1) is 12.2 Å². The number of benzene rings is 2. The topological polar surface area (TPSA) is 38.3 Å². The summed E-state index contributed by atoms with van der Waals surface area (Å²) in [6.45, 7) is 0.547. The Kier molecular flexibility index (Phi) is 7.00. The molecule has 3 nitrogen and oxygen atoms in total. The van der Waals surface area contributed by atoms with E-state index in [1.54, 1.807) is 12.1 Å². The van der Waals surface area contributed by atoms with Gasteiger partial charge in [-0.1, -0.05) is 24.3 Å². The predicted octanol–water partition coefficient (Wildman–Crippen LogP) is 4.36. The van der Waals surface area contributed by atoms with E-state index in [2.05, 4.69) is 5.32 Å². The number of carbonyl (C=O) groups excluding carboxylic acids is 1. The zero-order valence-corrected chi connectivity index (χ0v) is 14.0. The highest BCUT2D eigenvalue weighted by atomic mass is 19.4. The van der Waals surface area contributed by atoms with Gasteiger partial charge in [-0.05, 0) is 42.7 Å². The molecule has 0 aliphatic carbocycles. The van der Waals surface area contributed by atoms with E-state index in [-0.39, 0.29) is 24.7 Å². The number of rotatable bonds is 8. The molecule has 2 aromatic carbocycles. The quantitative estimate of drug-likeness (QED) is 0.555. The third-order valence-electron chi connectivity index (χ3n) is 3.66. The van der Waals surface area contributed by atoms with Gasteiger partial charge in [0.25, 0.3) is 0 Å². The number of para-hydroxylation sites is 1. The van der Waals surface area contributed by atoms with Crippen molar-refractivity contribution < 1.29 is 27.1 Å². The monoisotopic (exact) mass is 369 g/mol. The molecule has 140 valence electrons. The molecule has 7 heteroatoms. The second-order valence-electron chi connectivity index (χ2n) is 5.68. The average molecular weight is 369 g/mol. The smallest absolute Gasteiger partial charge is 0.416 e. The lowest BCUT2D eigenvalue weighted by Gasteiger charge is -2.09. The Morgan fingerprint density at radius 3 is 2.38 bits per heavy atom. The zero-order valence-electron chi connectivity index (χ0n) is 14.0. The van der Waals surface area contributed by atoms with Gasteiger partial charge in [-0.3, -0.25) is 4.79 Å². The maximum Gasteiger partial charge on any atom is 0.416 e. The van der Waals surface area contributed by atoms with E-state index in [1.165, 1.54) is 24.3 Å². The SMILES string of the molecule is O=C(CCCOc1ccccc1F)NCCc1ccc(C(F)(F)F)cc1. The summed E-state index contributed by atoms with van der Waals surface area (Å²) in [5, 5.41) is 2.70. The Morgan fingerprint density at radius 1 is 1.04 bits per heavy atom. The molecule has 0 aromatic heterocycles. The van der Waals surface area contributed by atoms with Gasteiger partial charge in [0.15, 0.2) is 11.6 Å². The standard InChI is InChI=1S/C19H19F4NO2/c20-16-4-1-2-5-17(16)26-13-3-6-18(25)24-12-11-14-7-9-15(10-8-14)19(21,22)23/h1-2,4-5,7-10H,3,6,11-13H2,(H,24,25). The molecule has 1 amide bonds. The van der Waals surface area contributed by atoms with Gasteiger partial charge in [0.1, 0.15) is 0 Å². The maximum absolute atomic E-state index is 13.3. The van der Waals surface area contributed by atoms with Crippen LogP contribution in [0.1, 0.15) is 24.0 Å². The number of nitrogens with one attached hydrogen (secondary N) is 1. The fourth-order valence-electron chi connectivity index (χ4n) is 2.27. The van der Waals surface area contributed by atoms with Crippen LogP contribution in [0.25, 0.3) is 0 Å².